The first-order valence-electron chi connectivity index (χ1n) is 6.02. The largest absolute Gasteiger partial charge is 0.383 e. The normalized spacial score (nSPS) is 16.6. The van der Waals surface area contributed by atoms with Gasteiger partial charge in [-0.3, -0.25) is 9.89 Å². The second kappa shape index (κ2) is 6.19. The molecule has 0 unspecified atom stereocenters. The Morgan fingerprint density at radius 2 is 2.44 bits per heavy atom. The third-order valence-corrected chi connectivity index (χ3v) is 3.45. The fourth-order valence-electron chi connectivity index (χ4n) is 1.60. The third-order valence-electron chi connectivity index (χ3n) is 2.60. The fourth-order valence-corrected chi connectivity index (χ4v) is 2.22. The number of ether oxygens (including phenoxy) is 1. The number of rotatable bonds is 7. The van der Waals surface area contributed by atoms with Crippen molar-refractivity contribution in [3.8, 4) is 0 Å². The lowest BCUT2D eigenvalue weighted by atomic mass is 10.3. The van der Waals surface area contributed by atoms with Crippen molar-refractivity contribution in [2.45, 2.75) is 36.9 Å². The molecule has 1 aromatic heterocycles. The molecule has 1 saturated carbocycles. The molecule has 1 aliphatic rings. The van der Waals surface area contributed by atoms with Crippen molar-refractivity contribution in [3.63, 3.8) is 0 Å². The molecule has 6 nitrogen and oxygen atoms in total. The number of hydrogen-bond donors (Lipinski definition) is 2. The maximum absolute atomic E-state index is 11.6. The zero-order valence-electron chi connectivity index (χ0n) is 10.6. The van der Waals surface area contributed by atoms with Crippen LogP contribution in [0.25, 0.3) is 0 Å². The summed E-state index contributed by atoms with van der Waals surface area (Å²) in [7, 11) is 1.62. The first-order chi connectivity index (χ1) is 8.69. The van der Waals surface area contributed by atoms with E-state index in [4.69, 9.17) is 4.74 Å². The SMILES string of the molecule is COC[C@@H](C)NC(=O)CSc1n[nH]c(C2CC2)n1. The van der Waals surface area contributed by atoms with Gasteiger partial charge in [-0.05, 0) is 19.8 Å². The fraction of sp³-hybridized carbons (Fsp3) is 0.727. The van der Waals surface area contributed by atoms with Crippen LogP contribution in [-0.2, 0) is 9.53 Å². The van der Waals surface area contributed by atoms with E-state index in [-0.39, 0.29) is 11.9 Å². The van der Waals surface area contributed by atoms with E-state index in [9.17, 15) is 4.79 Å². The molecular formula is C11H18N4O2S. The van der Waals surface area contributed by atoms with Gasteiger partial charge in [-0.25, -0.2) is 4.98 Å². The first-order valence-corrected chi connectivity index (χ1v) is 7.01. The number of H-pyrrole nitrogens is 1. The van der Waals surface area contributed by atoms with Crippen molar-refractivity contribution in [2.24, 2.45) is 0 Å². The first kappa shape index (κ1) is 13.4. The van der Waals surface area contributed by atoms with Crippen LogP contribution in [-0.4, -0.2) is 46.6 Å². The predicted octanol–water partition coefficient (Wildman–Crippen LogP) is 0.925. The van der Waals surface area contributed by atoms with Gasteiger partial charge < -0.3 is 10.1 Å². The summed E-state index contributed by atoms with van der Waals surface area (Å²) in [6, 6.07) is 0.0252. The zero-order valence-corrected chi connectivity index (χ0v) is 11.4. The monoisotopic (exact) mass is 270 g/mol. The minimum Gasteiger partial charge on any atom is -0.383 e. The van der Waals surface area contributed by atoms with Crippen LogP contribution in [0.5, 0.6) is 0 Å². The highest BCUT2D eigenvalue weighted by atomic mass is 32.2. The molecule has 0 radical (unpaired) electrons. The van der Waals surface area contributed by atoms with Crippen LogP contribution in [0.3, 0.4) is 0 Å². The van der Waals surface area contributed by atoms with Gasteiger partial charge in [0.25, 0.3) is 0 Å². The number of amides is 1. The number of methoxy groups -OCH3 is 1. The van der Waals surface area contributed by atoms with Gasteiger partial charge in [0.15, 0.2) is 0 Å². The minimum absolute atomic E-state index is 0.0252. The number of carbonyl (C=O) groups excluding carboxylic acids is 1. The molecule has 1 fully saturated rings. The van der Waals surface area contributed by atoms with Crippen molar-refractivity contribution in [3.05, 3.63) is 5.82 Å². The van der Waals surface area contributed by atoms with Crippen molar-refractivity contribution < 1.29 is 9.53 Å². The number of carbonyl (C=O) groups is 1. The molecule has 1 atom stereocenters. The molecule has 0 aromatic carbocycles. The van der Waals surface area contributed by atoms with Gasteiger partial charge in [-0.15, -0.1) is 5.10 Å². The number of aromatic amines is 1. The molecule has 0 aliphatic heterocycles. The molecule has 0 saturated heterocycles. The molecule has 0 bridgehead atoms. The van der Waals surface area contributed by atoms with E-state index in [1.165, 1.54) is 24.6 Å². The van der Waals surface area contributed by atoms with Crippen molar-refractivity contribution in [1.29, 1.82) is 0 Å². The lowest BCUT2D eigenvalue weighted by Crippen LogP contribution is -2.36. The summed E-state index contributed by atoms with van der Waals surface area (Å²) in [5.74, 6) is 1.81. The summed E-state index contributed by atoms with van der Waals surface area (Å²) in [5, 5.41) is 10.5. The highest BCUT2D eigenvalue weighted by Crippen LogP contribution is 2.38. The number of aromatic nitrogens is 3. The molecule has 1 aliphatic carbocycles. The summed E-state index contributed by atoms with van der Waals surface area (Å²) in [6.07, 6.45) is 2.38. The van der Waals surface area contributed by atoms with Crippen LogP contribution in [0.1, 0.15) is 31.5 Å². The Bertz CT molecular complexity index is 406. The summed E-state index contributed by atoms with van der Waals surface area (Å²) >= 11 is 1.35. The van der Waals surface area contributed by atoms with E-state index < -0.39 is 0 Å². The number of thioether (sulfide) groups is 1. The third kappa shape index (κ3) is 3.99. The van der Waals surface area contributed by atoms with Crippen LogP contribution in [0, 0.1) is 0 Å². The van der Waals surface area contributed by atoms with Gasteiger partial charge >= 0.3 is 0 Å². The molecule has 7 heteroatoms. The van der Waals surface area contributed by atoms with Crippen LogP contribution in [0.2, 0.25) is 0 Å². The van der Waals surface area contributed by atoms with Gasteiger partial charge in [0, 0.05) is 19.1 Å². The number of nitrogens with zero attached hydrogens (tertiary/aromatic N) is 2. The van der Waals surface area contributed by atoms with Gasteiger partial charge in [0.1, 0.15) is 5.82 Å². The van der Waals surface area contributed by atoms with E-state index in [0.29, 0.717) is 23.4 Å². The van der Waals surface area contributed by atoms with Gasteiger partial charge in [0.2, 0.25) is 11.1 Å². The Labute approximate surface area is 110 Å². The van der Waals surface area contributed by atoms with E-state index in [2.05, 4.69) is 20.5 Å². The van der Waals surface area contributed by atoms with E-state index in [1.54, 1.807) is 7.11 Å². The van der Waals surface area contributed by atoms with Crippen molar-refractivity contribution in [2.75, 3.05) is 19.5 Å². The van der Waals surface area contributed by atoms with Crippen LogP contribution >= 0.6 is 11.8 Å². The second-order valence-corrected chi connectivity index (χ2v) is 5.43. The van der Waals surface area contributed by atoms with E-state index >= 15 is 0 Å². The topological polar surface area (TPSA) is 79.9 Å². The summed E-state index contributed by atoms with van der Waals surface area (Å²) in [6.45, 7) is 2.42. The summed E-state index contributed by atoms with van der Waals surface area (Å²) < 4.78 is 4.95. The highest BCUT2D eigenvalue weighted by molar-refractivity contribution is 7.99. The minimum atomic E-state index is -0.0256. The predicted molar refractivity (Wildman–Crippen MR) is 68.6 cm³/mol. The van der Waals surface area contributed by atoms with Gasteiger partial charge in [-0.1, -0.05) is 11.8 Å². The molecule has 1 aromatic rings. The number of hydrogen-bond acceptors (Lipinski definition) is 5. The van der Waals surface area contributed by atoms with E-state index in [1.807, 2.05) is 6.92 Å². The van der Waals surface area contributed by atoms with Gasteiger partial charge in [0.05, 0.1) is 12.4 Å². The molecular weight excluding hydrogens is 252 g/mol. The number of nitrogens with one attached hydrogen (secondary N) is 2. The van der Waals surface area contributed by atoms with Crippen molar-refractivity contribution >= 4 is 17.7 Å². The second-order valence-electron chi connectivity index (χ2n) is 4.49. The van der Waals surface area contributed by atoms with Crippen LogP contribution in [0.4, 0.5) is 0 Å². The van der Waals surface area contributed by atoms with Crippen LogP contribution < -0.4 is 5.32 Å². The smallest absolute Gasteiger partial charge is 0.230 e. The molecule has 1 heterocycles. The Kier molecular flexibility index (Phi) is 4.60. The maximum atomic E-state index is 11.6. The Morgan fingerprint density at radius 1 is 1.67 bits per heavy atom. The highest BCUT2D eigenvalue weighted by Gasteiger charge is 2.27. The lowest BCUT2D eigenvalue weighted by molar-refractivity contribution is -0.119. The van der Waals surface area contributed by atoms with E-state index in [0.717, 1.165) is 5.82 Å². The molecule has 2 rings (SSSR count). The molecule has 100 valence electrons. The quantitative estimate of drug-likeness (QED) is 0.720. The summed E-state index contributed by atoms with van der Waals surface area (Å²) in [5.41, 5.74) is 0. The lowest BCUT2D eigenvalue weighted by Gasteiger charge is -2.11. The molecule has 18 heavy (non-hydrogen) atoms. The average molecular weight is 270 g/mol. The van der Waals surface area contributed by atoms with Crippen molar-refractivity contribution in [1.82, 2.24) is 20.5 Å². The molecule has 2 N–H and O–H groups in total. The van der Waals surface area contributed by atoms with Crippen LogP contribution in [0.15, 0.2) is 5.16 Å². The van der Waals surface area contributed by atoms with Gasteiger partial charge in [-0.2, -0.15) is 0 Å². The Balaban J connectivity index is 1.71. The molecule has 1 amide bonds. The average Bonchev–Trinajstić information content (AvgIpc) is 3.06. The zero-order chi connectivity index (χ0) is 13.0. The standard InChI is InChI=1S/C11H18N4O2S/c1-7(5-17-2)12-9(16)6-18-11-13-10(14-15-11)8-3-4-8/h7-8H,3-6H2,1-2H3,(H,12,16)(H,13,14,15)/t7-/m1/s1. The summed E-state index contributed by atoms with van der Waals surface area (Å²) in [4.78, 5) is 16.0. The molecule has 0 spiro atoms. The maximum Gasteiger partial charge on any atom is 0.230 e. The Morgan fingerprint density at radius 3 is 3.11 bits per heavy atom. The Hall–Kier alpha value is -1.08.